The molecule has 0 unspecified atom stereocenters. The van der Waals surface area contributed by atoms with Gasteiger partial charge in [-0.3, -0.25) is 4.79 Å². The molecule has 1 aromatic carbocycles. The molecule has 1 rings (SSSR count). The third-order valence-corrected chi connectivity index (χ3v) is 2.56. The van der Waals surface area contributed by atoms with Crippen LogP contribution in [0.4, 0.5) is 5.69 Å². The van der Waals surface area contributed by atoms with Crippen molar-refractivity contribution in [2.24, 2.45) is 0 Å². The van der Waals surface area contributed by atoms with Gasteiger partial charge in [0.05, 0.1) is 11.6 Å². The number of nitriles is 1. The molecule has 0 bridgehead atoms. The Labute approximate surface area is 118 Å². The molecule has 1 amide bonds. The Morgan fingerprint density at radius 2 is 1.75 bits per heavy atom. The maximum Gasteiger partial charge on any atom is 0.373 e. The van der Waals surface area contributed by atoms with Crippen LogP contribution in [0.15, 0.2) is 24.3 Å². The number of hydrogen-bond acceptors (Lipinski definition) is 4. The molecule has 0 radical (unpaired) electrons. The monoisotopic (exact) mass is 274 g/mol. The number of benzene rings is 1. The SMILES string of the molecule is CCCCCCC(=O)Nc1ccc(C#N)cc1.O=C=O. The lowest BCUT2D eigenvalue weighted by molar-refractivity contribution is -0.191. The van der Waals surface area contributed by atoms with E-state index in [4.69, 9.17) is 14.9 Å². The molecule has 0 aliphatic rings. The second kappa shape index (κ2) is 11.6. The number of amides is 1. The summed E-state index contributed by atoms with van der Waals surface area (Å²) in [6.45, 7) is 2.15. The molecule has 106 valence electrons. The normalized spacial score (nSPS) is 8.60. The number of nitrogens with one attached hydrogen (secondary N) is 1. The summed E-state index contributed by atoms with van der Waals surface area (Å²) in [5.74, 6) is 0.0470. The predicted molar refractivity (Wildman–Crippen MR) is 73.6 cm³/mol. The Hall–Kier alpha value is -2.44. The number of anilines is 1. The summed E-state index contributed by atoms with van der Waals surface area (Å²) >= 11 is 0. The van der Waals surface area contributed by atoms with E-state index in [9.17, 15) is 4.79 Å². The van der Waals surface area contributed by atoms with E-state index in [1.165, 1.54) is 12.8 Å². The molecule has 0 aliphatic carbocycles. The molecule has 20 heavy (non-hydrogen) atoms. The van der Waals surface area contributed by atoms with E-state index >= 15 is 0 Å². The minimum Gasteiger partial charge on any atom is -0.326 e. The van der Waals surface area contributed by atoms with Gasteiger partial charge in [-0.2, -0.15) is 14.9 Å². The van der Waals surface area contributed by atoms with Crippen LogP contribution < -0.4 is 5.32 Å². The van der Waals surface area contributed by atoms with Crippen molar-refractivity contribution in [1.29, 1.82) is 5.26 Å². The van der Waals surface area contributed by atoms with E-state index < -0.39 is 0 Å². The first-order chi connectivity index (χ1) is 9.67. The van der Waals surface area contributed by atoms with Crippen molar-refractivity contribution in [3.05, 3.63) is 29.8 Å². The highest BCUT2D eigenvalue weighted by molar-refractivity contribution is 5.90. The first-order valence-electron chi connectivity index (χ1n) is 6.47. The minimum absolute atomic E-state index is 0.0470. The van der Waals surface area contributed by atoms with Crippen LogP contribution in [0.5, 0.6) is 0 Å². The van der Waals surface area contributed by atoms with Gasteiger partial charge in [-0.15, -0.1) is 0 Å². The number of unbranched alkanes of at least 4 members (excludes halogenated alkanes) is 3. The van der Waals surface area contributed by atoms with Crippen LogP contribution in [0.1, 0.15) is 44.6 Å². The van der Waals surface area contributed by atoms with Gasteiger partial charge >= 0.3 is 6.15 Å². The predicted octanol–water partition coefficient (Wildman–Crippen LogP) is 2.88. The Morgan fingerprint density at radius 3 is 2.25 bits per heavy atom. The zero-order valence-corrected chi connectivity index (χ0v) is 11.5. The molecule has 0 saturated carbocycles. The zero-order valence-electron chi connectivity index (χ0n) is 11.5. The third kappa shape index (κ3) is 8.62. The van der Waals surface area contributed by atoms with E-state index in [0.717, 1.165) is 18.5 Å². The van der Waals surface area contributed by atoms with Crippen molar-refractivity contribution in [2.45, 2.75) is 39.0 Å². The van der Waals surface area contributed by atoms with E-state index in [1.807, 2.05) is 6.07 Å². The van der Waals surface area contributed by atoms with E-state index in [-0.39, 0.29) is 12.1 Å². The summed E-state index contributed by atoms with van der Waals surface area (Å²) in [5, 5.41) is 11.5. The Bertz CT molecular complexity index is 469. The van der Waals surface area contributed by atoms with Crippen LogP contribution in [0, 0.1) is 11.3 Å². The van der Waals surface area contributed by atoms with Crippen LogP contribution in [-0.2, 0) is 14.4 Å². The van der Waals surface area contributed by atoms with Gasteiger partial charge in [0.1, 0.15) is 0 Å². The number of carbonyl (C=O) groups excluding carboxylic acids is 3. The summed E-state index contributed by atoms with van der Waals surface area (Å²) in [5.41, 5.74) is 1.36. The van der Waals surface area contributed by atoms with Gasteiger partial charge in [0.2, 0.25) is 5.91 Å². The van der Waals surface area contributed by atoms with Crippen LogP contribution in [-0.4, -0.2) is 12.1 Å². The van der Waals surface area contributed by atoms with Gasteiger partial charge < -0.3 is 5.32 Å². The second-order valence-corrected chi connectivity index (χ2v) is 4.13. The molecule has 0 heterocycles. The Morgan fingerprint density at radius 1 is 1.15 bits per heavy atom. The van der Waals surface area contributed by atoms with Crippen molar-refractivity contribution in [3.63, 3.8) is 0 Å². The van der Waals surface area contributed by atoms with Crippen molar-refractivity contribution >= 4 is 17.7 Å². The lowest BCUT2D eigenvalue weighted by Gasteiger charge is -2.04. The fourth-order valence-corrected chi connectivity index (χ4v) is 1.56. The summed E-state index contributed by atoms with van der Waals surface area (Å²) in [6, 6.07) is 8.95. The highest BCUT2D eigenvalue weighted by Gasteiger charge is 2.01. The van der Waals surface area contributed by atoms with Crippen LogP contribution in [0.25, 0.3) is 0 Å². The number of nitrogens with zero attached hydrogens (tertiary/aromatic N) is 1. The van der Waals surface area contributed by atoms with Crippen molar-refractivity contribution < 1.29 is 14.4 Å². The number of hydrogen-bond donors (Lipinski definition) is 1. The summed E-state index contributed by atoms with van der Waals surface area (Å²) in [4.78, 5) is 27.8. The lowest BCUT2D eigenvalue weighted by Crippen LogP contribution is -2.10. The summed E-state index contributed by atoms with van der Waals surface area (Å²) < 4.78 is 0. The first-order valence-corrected chi connectivity index (χ1v) is 6.47. The van der Waals surface area contributed by atoms with Gasteiger partial charge in [0.15, 0.2) is 0 Å². The Kier molecular flexibility index (Phi) is 10.2. The number of carbonyl (C=O) groups is 1. The molecule has 0 aliphatic heterocycles. The maximum atomic E-state index is 11.6. The second-order valence-electron chi connectivity index (χ2n) is 4.13. The van der Waals surface area contributed by atoms with Crippen LogP contribution in [0.3, 0.4) is 0 Å². The highest BCUT2D eigenvalue weighted by atomic mass is 16.2. The van der Waals surface area contributed by atoms with Gasteiger partial charge in [0.25, 0.3) is 0 Å². The standard InChI is InChI=1S/C14H18N2O.CO2/c1-2-3-4-5-6-14(17)16-13-9-7-12(11-15)8-10-13;2-1-3/h7-10H,2-6H2,1H3,(H,16,17);. The third-order valence-electron chi connectivity index (χ3n) is 2.56. The van der Waals surface area contributed by atoms with Gasteiger partial charge in [-0.05, 0) is 30.7 Å². The molecular formula is C15H18N2O3. The molecule has 0 atom stereocenters. The van der Waals surface area contributed by atoms with E-state index in [1.54, 1.807) is 24.3 Å². The van der Waals surface area contributed by atoms with Gasteiger partial charge in [-0.1, -0.05) is 26.2 Å². The average molecular weight is 274 g/mol. The van der Waals surface area contributed by atoms with E-state index in [0.29, 0.717) is 12.0 Å². The van der Waals surface area contributed by atoms with Crippen LogP contribution >= 0.6 is 0 Å². The number of rotatable bonds is 6. The fraction of sp³-hybridized carbons (Fsp3) is 0.400. The molecule has 5 heteroatoms. The van der Waals surface area contributed by atoms with Crippen molar-refractivity contribution in [1.82, 2.24) is 0 Å². The average Bonchev–Trinajstić information content (AvgIpc) is 2.45. The van der Waals surface area contributed by atoms with Crippen molar-refractivity contribution in [2.75, 3.05) is 5.32 Å². The quantitative estimate of drug-likeness (QED) is 0.808. The topological polar surface area (TPSA) is 87.0 Å². The first kappa shape index (κ1) is 17.6. The molecule has 0 saturated heterocycles. The van der Waals surface area contributed by atoms with E-state index in [2.05, 4.69) is 12.2 Å². The molecule has 0 spiro atoms. The molecule has 0 fully saturated rings. The molecule has 1 aromatic rings. The van der Waals surface area contributed by atoms with Gasteiger partial charge in [-0.25, -0.2) is 0 Å². The van der Waals surface area contributed by atoms with Gasteiger partial charge in [0, 0.05) is 12.1 Å². The molecule has 5 nitrogen and oxygen atoms in total. The fourth-order valence-electron chi connectivity index (χ4n) is 1.56. The molecule has 0 aromatic heterocycles. The minimum atomic E-state index is 0.0470. The highest BCUT2D eigenvalue weighted by Crippen LogP contribution is 2.10. The smallest absolute Gasteiger partial charge is 0.326 e. The van der Waals surface area contributed by atoms with Crippen LogP contribution in [0.2, 0.25) is 0 Å². The molecular weight excluding hydrogens is 256 g/mol. The maximum absolute atomic E-state index is 11.6. The lowest BCUT2D eigenvalue weighted by atomic mass is 10.1. The Balaban J connectivity index is 0.00000110. The zero-order chi connectivity index (χ0) is 15.2. The summed E-state index contributed by atoms with van der Waals surface area (Å²) in [6.07, 6.45) is 5.23. The largest absolute Gasteiger partial charge is 0.373 e. The van der Waals surface area contributed by atoms with Crippen molar-refractivity contribution in [3.8, 4) is 6.07 Å². The molecule has 1 N–H and O–H groups in total. The summed E-state index contributed by atoms with van der Waals surface area (Å²) in [7, 11) is 0.